The van der Waals surface area contributed by atoms with Crippen LogP contribution >= 0.6 is 44.7 Å². The van der Waals surface area contributed by atoms with Gasteiger partial charge in [0.15, 0.2) is 5.82 Å². The van der Waals surface area contributed by atoms with Crippen molar-refractivity contribution in [1.29, 1.82) is 5.26 Å². The summed E-state index contributed by atoms with van der Waals surface area (Å²) in [7, 11) is 0. The average molecular weight is 664 g/mol. The van der Waals surface area contributed by atoms with Gasteiger partial charge >= 0.3 is 0 Å². The monoisotopic (exact) mass is 662 g/mol. The van der Waals surface area contributed by atoms with Crippen LogP contribution in [0.3, 0.4) is 0 Å². The molecule has 6 rings (SSSR count). The second-order valence-corrected chi connectivity index (χ2v) is 10.5. The van der Waals surface area contributed by atoms with E-state index in [1.54, 1.807) is 0 Å². The Bertz CT molecular complexity index is 1540. The highest BCUT2D eigenvalue weighted by atomic mass is 79.9. The lowest BCUT2D eigenvalue weighted by atomic mass is 10.1. The van der Waals surface area contributed by atoms with E-state index in [4.69, 9.17) is 4.74 Å². The van der Waals surface area contributed by atoms with Crippen LogP contribution in [0, 0.1) is 11.3 Å². The van der Waals surface area contributed by atoms with Crippen LogP contribution in [0.4, 0.5) is 11.6 Å². The van der Waals surface area contributed by atoms with Crippen LogP contribution in [0.5, 0.6) is 0 Å². The molecular formula is C29H24Br2N6OS. The Morgan fingerprint density at radius 1 is 0.872 bits per heavy atom. The number of nitriles is 1. The highest BCUT2D eigenvalue weighted by Gasteiger charge is 2.31. The van der Waals surface area contributed by atoms with Crippen LogP contribution in [-0.4, -0.2) is 41.1 Å². The molecule has 2 aliphatic rings. The Hall–Kier alpha value is -3.36. The summed E-state index contributed by atoms with van der Waals surface area (Å²) in [6, 6.07) is 30.7. The molecular weight excluding hydrogens is 640 g/mol. The topological polar surface area (TPSA) is 70.2 Å². The van der Waals surface area contributed by atoms with Crippen molar-refractivity contribution in [2.45, 2.75) is 0 Å². The number of halogens is 2. The summed E-state index contributed by atoms with van der Waals surface area (Å²) >= 11 is 5.06. The molecule has 0 amide bonds. The molecule has 3 heterocycles. The molecule has 2 aliphatic heterocycles. The molecule has 1 aromatic heterocycles. The first-order chi connectivity index (χ1) is 18.7. The van der Waals surface area contributed by atoms with E-state index in [-0.39, 0.29) is 17.0 Å². The molecule has 0 saturated carbocycles. The fourth-order valence-corrected chi connectivity index (χ4v) is 5.86. The number of para-hydroxylation sites is 2. The van der Waals surface area contributed by atoms with Crippen LogP contribution < -0.4 is 9.80 Å². The Labute approximate surface area is 250 Å². The first-order valence-electron chi connectivity index (χ1n) is 12.2. The first kappa shape index (κ1) is 27.2. The Morgan fingerprint density at radius 3 is 2.15 bits per heavy atom. The zero-order valence-corrected chi connectivity index (χ0v) is 24.9. The van der Waals surface area contributed by atoms with E-state index < -0.39 is 0 Å². The summed E-state index contributed by atoms with van der Waals surface area (Å²) in [6.07, 6.45) is 0. The van der Waals surface area contributed by atoms with Crippen molar-refractivity contribution >= 4 is 67.6 Å². The number of hydrogen-bond donors (Lipinski definition) is 0. The van der Waals surface area contributed by atoms with Crippen LogP contribution in [0.15, 0.2) is 99.8 Å². The van der Waals surface area contributed by atoms with Crippen molar-refractivity contribution in [2.24, 2.45) is 0 Å². The van der Waals surface area contributed by atoms with Gasteiger partial charge < -0.3 is 14.5 Å². The molecule has 39 heavy (non-hydrogen) atoms. The average Bonchev–Trinajstić information content (AvgIpc) is 3.61. The third-order valence-electron chi connectivity index (χ3n) is 6.38. The number of hydrogen-bond acceptors (Lipinski definition) is 7. The lowest BCUT2D eigenvalue weighted by Crippen LogP contribution is -2.38. The van der Waals surface area contributed by atoms with Gasteiger partial charge in [0.05, 0.1) is 24.6 Å². The second-order valence-electron chi connectivity index (χ2n) is 8.68. The first-order valence-corrected chi connectivity index (χ1v) is 13.9. The van der Waals surface area contributed by atoms with Gasteiger partial charge in [0.1, 0.15) is 16.7 Å². The van der Waals surface area contributed by atoms with Gasteiger partial charge in [-0.1, -0.05) is 76.2 Å². The van der Waals surface area contributed by atoms with Gasteiger partial charge in [-0.05, 0) is 42.0 Å². The Morgan fingerprint density at radius 2 is 1.51 bits per heavy atom. The maximum absolute atomic E-state index is 10.6. The van der Waals surface area contributed by atoms with Gasteiger partial charge in [-0.2, -0.15) is 5.26 Å². The fourth-order valence-electron chi connectivity index (χ4n) is 4.56. The van der Waals surface area contributed by atoms with Crippen molar-refractivity contribution in [1.82, 2.24) is 14.8 Å². The smallest absolute Gasteiger partial charge is 0.232 e. The van der Waals surface area contributed by atoms with Gasteiger partial charge in [-0.25, -0.2) is 0 Å². The largest absolute Gasteiger partial charge is 0.378 e. The molecule has 10 heteroatoms. The third kappa shape index (κ3) is 5.40. The number of thioether (sulfide) groups is 1. The zero-order valence-electron chi connectivity index (χ0n) is 20.8. The number of aromatic nitrogens is 3. The van der Waals surface area contributed by atoms with Gasteiger partial charge in [0.2, 0.25) is 5.95 Å². The normalized spacial score (nSPS) is 16.4. The van der Waals surface area contributed by atoms with Crippen molar-refractivity contribution in [3.8, 4) is 11.8 Å². The zero-order chi connectivity index (χ0) is 25.9. The third-order valence-corrected chi connectivity index (χ3v) is 7.86. The number of allylic oxidation sites excluding steroid dienone is 1. The summed E-state index contributed by atoms with van der Waals surface area (Å²) in [5.41, 5.74) is 4.37. The number of anilines is 2. The van der Waals surface area contributed by atoms with Gasteiger partial charge in [0.25, 0.3) is 0 Å². The molecule has 1 saturated heterocycles. The molecule has 0 unspecified atom stereocenters. The SMILES string of the molecule is Br.N#C/C(=C1\SC=C(c2ccc(Br)cc2)N1c1ccccc1)c1nnc(N2CCOCC2)n1-c1ccccc1. The quantitative estimate of drug-likeness (QED) is 0.216. The predicted molar refractivity (Wildman–Crippen MR) is 166 cm³/mol. The minimum atomic E-state index is 0. The molecule has 0 atom stereocenters. The number of rotatable bonds is 5. The van der Waals surface area contributed by atoms with Crippen LogP contribution in [-0.2, 0) is 4.74 Å². The summed E-state index contributed by atoms with van der Waals surface area (Å²) in [6.45, 7) is 2.68. The van der Waals surface area contributed by atoms with Crippen molar-refractivity contribution in [3.63, 3.8) is 0 Å². The van der Waals surface area contributed by atoms with E-state index in [9.17, 15) is 5.26 Å². The van der Waals surface area contributed by atoms with Crippen molar-refractivity contribution < 1.29 is 4.74 Å². The number of morpholine rings is 1. The number of nitrogens with zero attached hydrogens (tertiary/aromatic N) is 6. The summed E-state index contributed by atoms with van der Waals surface area (Å²) < 4.78 is 8.56. The molecule has 0 N–H and O–H groups in total. The van der Waals surface area contributed by atoms with E-state index in [1.165, 1.54) is 11.8 Å². The molecule has 3 aromatic carbocycles. The maximum atomic E-state index is 10.6. The minimum Gasteiger partial charge on any atom is -0.378 e. The highest BCUT2D eigenvalue weighted by molar-refractivity contribution is 9.10. The number of ether oxygens (including phenoxy) is 1. The van der Waals surface area contributed by atoms with Gasteiger partial charge in [-0.3, -0.25) is 4.57 Å². The molecule has 4 aromatic rings. The van der Waals surface area contributed by atoms with Crippen molar-refractivity contribution in [2.75, 3.05) is 36.1 Å². The van der Waals surface area contributed by atoms with Crippen LogP contribution in [0.2, 0.25) is 0 Å². The molecule has 1 fully saturated rings. The lowest BCUT2D eigenvalue weighted by Gasteiger charge is -2.28. The van der Waals surface area contributed by atoms with Crippen LogP contribution in [0.25, 0.3) is 17.0 Å². The summed E-state index contributed by atoms with van der Waals surface area (Å²) in [4.78, 5) is 4.29. The summed E-state index contributed by atoms with van der Waals surface area (Å²) in [5.74, 6) is 1.22. The van der Waals surface area contributed by atoms with E-state index in [1.807, 2.05) is 65.2 Å². The molecule has 0 spiro atoms. The standard InChI is InChI=1S/C29H23BrN6OS.BrH/c30-22-13-11-21(12-14-22)26-20-38-28(35(26)23-7-3-1-4-8-23)25(19-31)27-32-33-29(34-15-17-37-18-16-34)36(27)24-9-5-2-6-10-24;/h1-14,20H,15-18H2;1H/b28-25+;. The van der Waals surface area contributed by atoms with Gasteiger partial charge in [-0.15, -0.1) is 27.2 Å². The van der Waals surface area contributed by atoms with E-state index >= 15 is 0 Å². The molecule has 0 aliphatic carbocycles. The van der Waals surface area contributed by atoms with Gasteiger partial charge in [0, 0.05) is 28.7 Å². The molecule has 0 radical (unpaired) electrons. The van der Waals surface area contributed by atoms with E-state index in [2.05, 4.69) is 71.7 Å². The predicted octanol–water partition coefficient (Wildman–Crippen LogP) is 6.89. The minimum absolute atomic E-state index is 0. The Kier molecular flexibility index (Phi) is 8.53. The molecule has 196 valence electrons. The fraction of sp³-hybridized carbons (Fsp3) is 0.138. The Balaban J connectivity index is 0.00000308. The van der Waals surface area contributed by atoms with Crippen molar-refractivity contribution in [3.05, 3.63) is 111 Å². The van der Waals surface area contributed by atoms with E-state index in [0.717, 1.165) is 32.1 Å². The second kappa shape index (κ2) is 12.2. The number of benzene rings is 3. The molecule has 7 nitrogen and oxygen atoms in total. The lowest BCUT2D eigenvalue weighted by molar-refractivity contribution is 0.122. The summed E-state index contributed by atoms with van der Waals surface area (Å²) in [5, 5.41) is 22.7. The highest BCUT2D eigenvalue weighted by Crippen LogP contribution is 2.46. The van der Waals surface area contributed by atoms with Crippen LogP contribution in [0.1, 0.15) is 11.4 Å². The van der Waals surface area contributed by atoms with E-state index in [0.29, 0.717) is 43.6 Å². The maximum Gasteiger partial charge on any atom is 0.232 e. The molecule has 0 bridgehead atoms.